The molecule has 3 rings (SSSR count). The maximum atomic E-state index is 12.4. The first-order chi connectivity index (χ1) is 16.9. The van der Waals surface area contributed by atoms with Crippen LogP contribution in [0, 0.1) is 10.1 Å². The molecule has 0 aromatic heterocycles. The Balaban J connectivity index is 1.68. The van der Waals surface area contributed by atoms with Gasteiger partial charge in [-0.05, 0) is 66.8 Å². The van der Waals surface area contributed by atoms with Crippen LogP contribution in [0.25, 0.3) is 17.2 Å². The van der Waals surface area contributed by atoms with Crippen molar-refractivity contribution in [3.8, 4) is 22.6 Å². The van der Waals surface area contributed by atoms with Gasteiger partial charge in [-0.1, -0.05) is 69.2 Å². The second kappa shape index (κ2) is 12.5. The molecule has 0 aliphatic rings. The van der Waals surface area contributed by atoms with Crippen LogP contribution in [0.2, 0.25) is 0 Å². The highest BCUT2D eigenvalue weighted by Gasteiger charge is 2.19. The third-order valence-electron chi connectivity index (χ3n) is 5.73. The van der Waals surface area contributed by atoms with E-state index in [2.05, 4.69) is 13.5 Å². The molecule has 1 unspecified atom stereocenters. The van der Waals surface area contributed by atoms with Crippen molar-refractivity contribution in [1.29, 1.82) is 0 Å². The first-order valence-electron chi connectivity index (χ1n) is 11.9. The average molecular weight is 474 g/mol. The fourth-order valence-electron chi connectivity index (χ4n) is 3.71. The van der Waals surface area contributed by atoms with Crippen LogP contribution in [0.1, 0.15) is 61.9 Å². The lowest BCUT2D eigenvalue weighted by atomic mass is 10.0. The van der Waals surface area contributed by atoms with Crippen LogP contribution in [0.3, 0.4) is 0 Å². The SMILES string of the molecule is C=Cc1ccc(C(=O)Oc2ccc(-c3ccc(OC(C)CCCCCC)c([N+](=O)[O-])c3)cc2)cc1. The molecular weight excluding hydrogens is 442 g/mol. The standard InChI is InChI=1S/C29H31NO5/c1-4-6-7-8-9-21(3)34-28-19-16-25(20-27(28)30(32)33)23-14-17-26(18-15-23)35-29(31)24-12-10-22(5-2)11-13-24/h5,10-21H,2,4,6-9H2,1,3H3. The molecule has 0 saturated carbocycles. The minimum Gasteiger partial charge on any atom is -0.484 e. The molecule has 1 atom stereocenters. The molecule has 0 fully saturated rings. The van der Waals surface area contributed by atoms with E-state index in [1.807, 2.05) is 6.92 Å². The van der Waals surface area contributed by atoms with Crippen molar-refractivity contribution in [2.75, 3.05) is 0 Å². The summed E-state index contributed by atoms with van der Waals surface area (Å²) >= 11 is 0. The minimum atomic E-state index is -0.464. The van der Waals surface area contributed by atoms with Crippen LogP contribution in [0.15, 0.2) is 73.3 Å². The number of carbonyl (C=O) groups excluding carboxylic acids is 1. The summed E-state index contributed by atoms with van der Waals surface area (Å²) in [7, 11) is 0. The summed E-state index contributed by atoms with van der Waals surface area (Å²) in [5.74, 6) is 0.196. The van der Waals surface area contributed by atoms with E-state index in [0.29, 0.717) is 16.9 Å². The fraction of sp³-hybridized carbons (Fsp3) is 0.276. The van der Waals surface area contributed by atoms with Gasteiger partial charge in [0, 0.05) is 6.07 Å². The second-order valence-electron chi connectivity index (χ2n) is 8.46. The van der Waals surface area contributed by atoms with E-state index in [1.165, 1.54) is 12.5 Å². The lowest BCUT2D eigenvalue weighted by Crippen LogP contribution is -2.12. The molecule has 3 aromatic carbocycles. The van der Waals surface area contributed by atoms with E-state index in [1.54, 1.807) is 66.7 Å². The third kappa shape index (κ3) is 7.27. The average Bonchev–Trinajstić information content (AvgIpc) is 2.87. The molecule has 0 heterocycles. The molecule has 0 bridgehead atoms. The Kier molecular flexibility index (Phi) is 9.18. The molecule has 35 heavy (non-hydrogen) atoms. The Morgan fingerprint density at radius 1 is 1.00 bits per heavy atom. The van der Waals surface area contributed by atoms with Crippen molar-refractivity contribution < 1.29 is 19.2 Å². The van der Waals surface area contributed by atoms with E-state index in [-0.39, 0.29) is 17.5 Å². The van der Waals surface area contributed by atoms with Crippen molar-refractivity contribution >= 4 is 17.7 Å². The summed E-state index contributed by atoms with van der Waals surface area (Å²) in [6.45, 7) is 7.80. The molecule has 0 saturated heterocycles. The molecule has 0 aliphatic carbocycles. The molecule has 0 aliphatic heterocycles. The number of nitro groups is 1. The summed E-state index contributed by atoms with van der Waals surface area (Å²) in [6.07, 6.45) is 6.98. The van der Waals surface area contributed by atoms with Crippen LogP contribution < -0.4 is 9.47 Å². The van der Waals surface area contributed by atoms with Crippen molar-refractivity contribution in [3.05, 3.63) is 94.6 Å². The minimum absolute atomic E-state index is 0.0682. The Labute approximate surface area is 206 Å². The zero-order valence-electron chi connectivity index (χ0n) is 20.2. The first-order valence-corrected chi connectivity index (χ1v) is 11.9. The van der Waals surface area contributed by atoms with Crippen molar-refractivity contribution in [1.82, 2.24) is 0 Å². The molecule has 0 radical (unpaired) electrons. The predicted molar refractivity (Wildman–Crippen MR) is 139 cm³/mol. The molecule has 3 aromatic rings. The zero-order valence-corrected chi connectivity index (χ0v) is 20.2. The van der Waals surface area contributed by atoms with Crippen molar-refractivity contribution in [3.63, 3.8) is 0 Å². The quantitative estimate of drug-likeness (QED) is 0.0879. The first kappa shape index (κ1) is 25.7. The fourth-order valence-corrected chi connectivity index (χ4v) is 3.71. The number of rotatable bonds is 12. The van der Waals surface area contributed by atoms with Crippen LogP contribution >= 0.6 is 0 Å². The summed E-state index contributed by atoms with van der Waals surface area (Å²) in [5.41, 5.74) is 2.73. The summed E-state index contributed by atoms with van der Waals surface area (Å²) in [5, 5.41) is 11.7. The summed E-state index contributed by atoms with van der Waals surface area (Å²) in [6, 6.07) is 18.8. The number of nitrogens with zero attached hydrogens (tertiary/aromatic N) is 1. The van der Waals surface area contributed by atoms with Gasteiger partial charge < -0.3 is 9.47 Å². The Morgan fingerprint density at radius 3 is 2.31 bits per heavy atom. The largest absolute Gasteiger partial charge is 0.484 e. The predicted octanol–water partition coefficient (Wildman–Crippen LogP) is 7.86. The molecule has 0 N–H and O–H groups in total. The van der Waals surface area contributed by atoms with Gasteiger partial charge in [-0.2, -0.15) is 0 Å². The highest BCUT2D eigenvalue weighted by molar-refractivity contribution is 5.91. The second-order valence-corrected chi connectivity index (χ2v) is 8.46. The topological polar surface area (TPSA) is 78.7 Å². The Hall–Kier alpha value is -3.93. The van der Waals surface area contributed by atoms with Gasteiger partial charge in [0.25, 0.3) is 0 Å². The lowest BCUT2D eigenvalue weighted by molar-refractivity contribution is -0.386. The lowest BCUT2D eigenvalue weighted by Gasteiger charge is -2.15. The number of carbonyl (C=O) groups is 1. The van der Waals surface area contributed by atoms with Gasteiger partial charge in [0.15, 0.2) is 5.75 Å². The molecule has 182 valence electrons. The van der Waals surface area contributed by atoms with Gasteiger partial charge >= 0.3 is 11.7 Å². The Morgan fingerprint density at radius 2 is 1.69 bits per heavy atom. The van der Waals surface area contributed by atoms with Gasteiger partial charge in [-0.15, -0.1) is 0 Å². The van der Waals surface area contributed by atoms with Crippen LogP contribution in [-0.2, 0) is 0 Å². The van der Waals surface area contributed by atoms with Crippen molar-refractivity contribution in [2.45, 2.75) is 52.1 Å². The number of nitro benzene ring substituents is 1. The van der Waals surface area contributed by atoms with Gasteiger partial charge in [0.05, 0.1) is 16.6 Å². The Bertz CT molecular complexity index is 1150. The molecule has 6 heteroatoms. The number of benzene rings is 3. The molecule has 0 spiro atoms. The van der Waals surface area contributed by atoms with E-state index in [9.17, 15) is 14.9 Å². The normalized spacial score (nSPS) is 11.5. The highest BCUT2D eigenvalue weighted by Crippen LogP contribution is 2.34. The van der Waals surface area contributed by atoms with E-state index >= 15 is 0 Å². The van der Waals surface area contributed by atoms with Gasteiger partial charge in [-0.25, -0.2) is 4.79 Å². The summed E-state index contributed by atoms with van der Waals surface area (Å²) in [4.78, 5) is 23.7. The van der Waals surface area contributed by atoms with Gasteiger partial charge in [0.2, 0.25) is 0 Å². The monoisotopic (exact) mass is 473 g/mol. The maximum absolute atomic E-state index is 12.4. The van der Waals surface area contributed by atoms with Crippen molar-refractivity contribution in [2.24, 2.45) is 0 Å². The molecule has 6 nitrogen and oxygen atoms in total. The third-order valence-corrected chi connectivity index (χ3v) is 5.73. The van der Waals surface area contributed by atoms with Crippen LogP contribution in [0.5, 0.6) is 11.5 Å². The van der Waals surface area contributed by atoms with Crippen LogP contribution in [0.4, 0.5) is 5.69 Å². The number of unbranched alkanes of at least 4 members (excludes halogenated alkanes) is 3. The van der Waals surface area contributed by atoms with Crippen LogP contribution in [-0.4, -0.2) is 17.0 Å². The van der Waals surface area contributed by atoms with E-state index in [0.717, 1.165) is 36.8 Å². The number of hydrogen-bond acceptors (Lipinski definition) is 5. The van der Waals surface area contributed by atoms with E-state index in [4.69, 9.17) is 9.47 Å². The zero-order chi connectivity index (χ0) is 25.2. The van der Waals surface area contributed by atoms with E-state index < -0.39 is 10.9 Å². The highest BCUT2D eigenvalue weighted by atomic mass is 16.6. The number of ether oxygens (including phenoxy) is 2. The summed E-state index contributed by atoms with van der Waals surface area (Å²) < 4.78 is 11.3. The van der Waals surface area contributed by atoms with Gasteiger partial charge in [0.1, 0.15) is 5.75 Å². The number of hydrogen-bond donors (Lipinski definition) is 0. The molecule has 0 amide bonds. The smallest absolute Gasteiger partial charge is 0.343 e. The maximum Gasteiger partial charge on any atom is 0.343 e. The number of esters is 1. The van der Waals surface area contributed by atoms with Gasteiger partial charge in [-0.3, -0.25) is 10.1 Å². The molecular formula is C29H31NO5.